The van der Waals surface area contributed by atoms with E-state index in [2.05, 4.69) is 4.72 Å². The van der Waals surface area contributed by atoms with Crippen molar-refractivity contribution >= 4 is 37.4 Å². The quantitative estimate of drug-likeness (QED) is 0.603. The van der Waals surface area contributed by atoms with Crippen LogP contribution in [0.3, 0.4) is 0 Å². The van der Waals surface area contributed by atoms with E-state index in [1.54, 1.807) is 68.5 Å². The third kappa shape index (κ3) is 5.41. The molecule has 0 aliphatic heterocycles. The molecule has 2 aromatic carbocycles. The summed E-state index contributed by atoms with van der Waals surface area (Å²) in [6.45, 7) is 5.24. The molecule has 0 bridgehead atoms. The molecule has 0 radical (unpaired) electrons. The summed E-state index contributed by atoms with van der Waals surface area (Å²) in [5.74, 6) is -0.846. The lowest BCUT2D eigenvalue weighted by molar-refractivity contribution is -0.157. The van der Waals surface area contributed by atoms with Gasteiger partial charge in [0, 0.05) is 4.70 Å². The highest BCUT2D eigenvalue weighted by Crippen LogP contribution is 2.24. The Hall–Kier alpha value is -2.22. The number of carbonyl (C=O) groups is 1. The highest BCUT2D eigenvalue weighted by atomic mass is 32.2. The fourth-order valence-corrected chi connectivity index (χ4v) is 4.87. The number of hydrogen-bond acceptors (Lipinski definition) is 5. The molecule has 0 amide bonds. The number of carbonyl (C=O) groups excluding carboxylic acids is 1. The third-order valence-corrected chi connectivity index (χ3v) is 6.15. The standard InChI is InChI=1S/C21H23NO4S2/c1-21(2,3)26-20(23)19(16-7-5-4-6-8-16)22-28(24,25)14-15-9-10-18-17(13-15)11-12-27-18/h4-13,19,22H,14H2,1-3H3. The summed E-state index contributed by atoms with van der Waals surface area (Å²) < 4.78 is 34.7. The first kappa shape index (κ1) is 20.5. The van der Waals surface area contributed by atoms with Crippen molar-refractivity contribution in [2.75, 3.05) is 0 Å². The van der Waals surface area contributed by atoms with Crippen molar-refractivity contribution in [3.8, 4) is 0 Å². The average Bonchev–Trinajstić information content (AvgIpc) is 3.06. The normalized spacial score (nSPS) is 13.4. The molecule has 0 spiro atoms. The first-order chi connectivity index (χ1) is 13.1. The van der Waals surface area contributed by atoms with Crippen molar-refractivity contribution < 1.29 is 17.9 Å². The maximum Gasteiger partial charge on any atom is 0.329 e. The lowest BCUT2D eigenvalue weighted by atomic mass is 10.1. The molecule has 0 saturated heterocycles. The summed E-state index contributed by atoms with van der Waals surface area (Å²) in [6, 6.07) is 15.1. The lowest BCUT2D eigenvalue weighted by Crippen LogP contribution is -2.38. The minimum Gasteiger partial charge on any atom is -0.459 e. The number of nitrogens with one attached hydrogen (secondary N) is 1. The van der Waals surface area contributed by atoms with Crippen LogP contribution in [0.1, 0.15) is 37.9 Å². The Morgan fingerprint density at radius 1 is 1.11 bits per heavy atom. The third-order valence-electron chi connectivity index (χ3n) is 3.95. The van der Waals surface area contributed by atoms with Crippen LogP contribution < -0.4 is 4.72 Å². The largest absolute Gasteiger partial charge is 0.459 e. The molecule has 0 aliphatic rings. The topological polar surface area (TPSA) is 72.5 Å². The molecule has 1 atom stereocenters. The molecular weight excluding hydrogens is 394 g/mol. The van der Waals surface area contributed by atoms with Crippen molar-refractivity contribution in [2.24, 2.45) is 0 Å². The Morgan fingerprint density at radius 3 is 2.50 bits per heavy atom. The number of ether oxygens (including phenoxy) is 1. The molecule has 1 aromatic heterocycles. The van der Waals surface area contributed by atoms with Crippen LogP contribution in [-0.2, 0) is 25.3 Å². The fourth-order valence-electron chi connectivity index (χ4n) is 2.80. The van der Waals surface area contributed by atoms with E-state index >= 15 is 0 Å². The predicted molar refractivity (Wildman–Crippen MR) is 113 cm³/mol. The van der Waals surface area contributed by atoms with E-state index in [0.29, 0.717) is 11.1 Å². The predicted octanol–water partition coefficient (Wildman–Crippen LogP) is 4.40. The van der Waals surface area contributed by atoms with Gasteiger partial charge in [0.15, 0.2) is 0 Å². The number of rotatable bonds is 6. The van der Waals surface area contributed by atoms with Crippen LogP contribution in [0.5, 0.6) is 0 Å². The van der Waals surface area contributed by atoms with Gasteiger partial charge in [-0.1, -0.05) is 36.4 Å². The monoisotopic (exact) mass is 417 g/mol. The Balaban J connectivity index is 1.84. The summed E-state index contributed by atoms with van der Waals surface area (Å²) >= 11 is 1.60. The minimum absolute atomic E-state index is 0.217. The van der Waals surface area contributed by atoms with Crippen molar-refractivity contribution in [1.29, 1.82) is 0 Å². The van der Waals surface area contributed by atoms with Gasteiger partial charge < -0.3 is 4.74 Å². The van der Waals surface area contributed by atoms with Crippen molar-refractivity contribution in [3.05, 3.63) is 71.1 Å². The Morgan fingerprint density at radius 2 is 1.82 bits per heavy atom. The van der Waals surface area contributed by atoms with E-state index in [9.17, 15) is 13.2 Å². The first-order valence-corrected chi connectivity index (χ1v) is 11.4. The number of esters is 1. The number of hydrogen-bond donors (Lipinski definition) is 1. The second-order valence-electron chi connectivity index (χ2n) is 7.55. The molecule has 1 heterocycles. The first-order valence-electron chi connectivity index (χ1n) is 8.87. The lowest BCUT2D eigenvalue weighted by Gasteiger charge is -2.24. The highest BCUT2D eigenvalue weighted by Gasteiger charge is 2.30. The van der Waals surface area contributed by atoms with Gasteiger partial charge in [-0.2, -0.15) is 4.72 Å². The van der Waals surface area contributed by atoms with Crippen LogP contribution in [0.25, 0.3) is 10.1 Å². The molecule has 5 nitrogen and oxygen atoms in total. The van der Waals surface area contributed by atoms with E-state index < -0.39 is 27.6 Å². The van der Waals surface area contributed by atoms with E-state index in [-0.39, 0.29) is 5.75 Å². The summed E-state index contributed by atoms with van der Waals surface area (Å²) in [7, 11) is -3.78. The van der Waals surface area contributed by atoms with Gasteiger partial charge >= 0.3 is 5.97 Å². The Bertz CT molecular complexity index is 1070. The van der Waals surface area contributed by atoms with E-state index in [0.717, 1.165) is 10.1 Å². The Labute approximate surface area is 169 Å². The molecule has 148 valence electrons. The second kappa shape index (κ2) is 8.03. The van der Waals surface area contributed by atoms with Crippen molar-refractivity contribution in [1.82, 2.24) is 4.72 Å². The summed E-state index contributed by atoms with van der Waals surface area (Å²) in [5, 5.41) is 2.97. The minimum atomic E-state index is -3.78. The second-order valence-corrected chi connectivity index (χ2v) is 10.2. The van der Waals surface area contributed by atoms with Gasteiger partial charge in [-0.05, 0) is 60.9 Å². The van der Waals surface area contributed by atoms with E-state index in [1.807, 2.05) is 23.6 Å². The Kier molecular flexibility index (Phi) is 5.88. The SMILES string of the molecule is CC(C)(C)OC(=O)C(NS(=O)(=O)Cc1ccc2sccc2c1)c1ccccc1. The molecule has 1 N–H and O–H groups in total. The number of sulfonamides is 1. The maximum absolute atomic E-state index is 12.8. The van der Waals surface area contributed by atoms with Gasteiger partial charge in [0.2, 0.25) is 10.0 Å². The molecule has 7 heteroatoms. The summed E-state index contributed by atoms with van der Waals surface area (Å²) in [6.07, 6.45) is 0. The van der Waals surface area contributed by atoms with Gasteiger partial charge in [0.1, 0.15) is 11.6 Å². The molecule has 3 aromatic rings. The molecule has 28 heavy (non-hydrogen) atoms. The average molecular weight is 418 g/mol. The zero-order valence-corrected chi connectivity index (χ0v) is 17.6. The fraction of sp³-hybridized carbons (Fsp3) is 0.286. The van der Waals surface area contributed by atoms with Gasteiger partial charge in [-0.25, -0.2) is 13.2 Å². The zero-order chi connectivity index (χ0) is 20.4. The molecule has 0 aliphatic carbocycles. The van der Waals surface area contributed by atoms with Crippen molar-refractivity contribution in [3.63, 3.8) is 0 Å². The van der Waals surface area contributed by atoms with E-state index in [1.165, 1.54) is 0 Å². The molecule has 3 rings (SSSR count). The summed E-state index contributed by atoms with van der Waals surface area (Å²) in [5.41, 5.74) is 0.475. The van der Waals surface area contributed by atoms with Crippen LogP contribution in [-0.4, -0.2) is 20.0 Å². The van der Waals surface area contributed by atoms with Gasteiger partial charge in [-0.15, -0.1) is 11.3 Å². The van der Waals surface area contributed by atoms with Gasteiger partial charge in [0.05, 0.1) is 5.75 Å². The highest BCUT2D eigenvalue weighted by molar-refractivity contribution is 7.88. The zero-order valence-electron chi connectivity index (χ0n) is 16.0. The number of fused-ring (bicyclic) bond motifs is 1. The van der Waals surface area contributed by atoms with Crippen LogP contribution >= 0.6 is 11.3 Å². The molecular formula is C21H23NO4S2. The van der Waals surface area contributed by atoms with Crippen LogP contribution in [0.15, 0.2) is 60.0 Å². The van der Waals surface area contributed by atoms with Crippen LogP contribution in [0.4, 0.5) is 0 Å². The molecule has 0 fully saturated rings. The molecule has 1 unspecified atom stereocenters. The van der Waals surface area contributed by atoms with E-state index in [4.69, 9.17) is 4.74 Å². The summed E-state index contributed by atoms with van der Waals surface area (Å²) in [4.78, 5) is 12.7. The molecule has 0 saturated carbocycles. The van der Waals surface area contributed by atoms with Crippen LogP contribution in [0, 0.1) is 0 Å². The number of benzene rings is 2. The maximum atomic E-state index is 12.8. The van der Waals surface area contributed by atoms with Crippen molar-refractivity contribution in [2.45, 2.75) is 38.2 Å². The van der Waals surface area contributed by atoms with Crippen LogP contribution in [0.2, 0.25) is 0 Å². The van der Waals surface area contributed by atoms with Gasteiger partial charge in [0.25, 0.3) is 0 Å². The number of thiophene rings is 1. The van der Waals surface area contributed by atoms with Gasteiger partial charge in [-0.3, -0.25) is 0 Å². The smallest absolute Gasteiger partial charge is 0.329 e.